The monoisotopic (exact) mass is 253 g/mol. The molecule has 0 saturated heterocycles. The van der Waals surface area contributed by atoms with Gasteiger partial charge in [-0.2, -0.15) is 5.10 Å². The van der Waals surface area contributed by atoms with Crippen molar-refractivity contribution in [3.8, 4) is 0 Å². The van der Waals surface area contributed by atoms with E-state index in [1.165, 1.54) is 0 Å². The number of likely N-dealkylation sites (N-methyl/N-ethyl adjacent to an activating group) is 1. The van der Waals surface area contributed by atoms with Gasteiger partial charge in [-0.05, 0) is 26.5 Å². The van der Waals surface area contributed by atoms with Crippen LogP contribution in [0.1, 0.15) is 22.9 Å². The van der Waals surface area contributed by atoms with Crippen LogP contribution in [-0.4, -0.2) is 16.8 Å². The van der Waals surface area contributed by atoms with Crippen LogP contribution in [0.3, 0.4) is 0 Å². The number of hydrogen-bond acceptors (Lipinski definition) is 3. The van der Waals surface area contributed by atoms with Gasteiger partial charge in [0.05, 0.1) is 18.2 Å². The molecule has 92 valence electrons. The van der Waals surface area contributed by atoms with E-state index in [0.29, 0.717) is 5.15 Å². The second-order valence-corrected chi connectivity index (χ2v) is 4.44. The fraction of sp³-hybridized carbons (Fsp3) is 0.417. The van der Waals surface area contributed by atoms with Crippen LogP contribution >= 0.6 is 11.6 Å². The molecule has 0 aromatic carbocycles. The van der Waals surface area contributed by atoms with E-state index in [4.69, 9.17) is 16.0 Å². The molecule has 0 spiro atoms. The molecule has 1 atom stereocenters. The highest BCUT2D eigenvalue weighted by Gasteiger charge is 2.18. The van der Waals surface area contributed by atoms with Gasteiger partial charge < -0.3 is 9.73 Å². The molecule has 0 fully saturated rings. The molecule has 0 amide bonds. The molecule has 1 N–H and O–H groups in total. The van der Waals surface area contributed by atoms with Crippen LogP contribution < -0.4 is 5.32 Å². The van der Waals surface area contributed by atoms with Crippen molar-refractivity contribution in [1.82, 2.24) is 15.1 Å². The van der Waals surface area contributed by atoms with Gasteiger partial charge in [-0.25, -0.2) is 0 Å². The third-order valence-electron chi connectivity index (χ3n) is 2.97. The van der Waals surface area contributed by atoms with Crippen LogP contribution in [0.25, 0.3) is 0 Å². The molecule has 0 saturated carbocycles. The number of furan rings is 1. The van der Waals surface area contributed by atoms with E-state index in [9.17, 15) is 0 Å². The summed E-state index contributed by atoms with van der Waals surface area (Å²) in [6.07, 6.45) is 4.23. The molecule has 0 aliphatic rings. The first kappa shape index (κ1) is 12.2. The highest BCUT2D eigenvalue weighted by Crippen LogP contribution is 2.25. The summed E-state index contributed by atoms with van der Waals surface area (Å²) in [6.45, 7) is 1.98. The third-order valence-corrected chi connectivity index (χ3v) is 3.44. The van der Waals surface area contributed by atoms with Gasteiger partial charge in [0.1, 0.15) is 5.15 Å². The van der Waals surface area contributed by atoms with Crippen molar-refractivity contribution in [2.45, 2.75) is 19.4 Å². The minimum atomic E-state index is 0.189. The maximum Gasteiger partial charge on any atom is 0.130 e. The van der Waals surface area contributed by atoms with Gasteiger partial charge in [-0.3, -0.25) is 4.68 Å². The Labute approximate surface area is 106 Å². The van der Waals surface area contributed by atoms with Crippen LogP contribution in [0.4, 0.5) is 0 Å². The Kier molecular flexibility index (Phi) is 3.54. The normalized spacial score (nSPS) is 12.9. The lowest BCUT2D eigenvalue weighted by Gasteiger charge is -2.14. The first-order valence-electron chi connectivity index (χ1n) is 5.50. The predicted octanol–water partition coefficient (Wildman–Crippen LogP) is 2.48. The topological polar surface area (TPSA) is 43.0 Å². The first-order valence-corrected chi connectivity index (χ1v) is 5.88. The van der Waals surface area contributed by atoms with Gasteiger partial charge in [0.2, 0.25) is 0 Å². The quantitative estimate of drug-likeness (QED) is 0.910. The largest absolute Gasteiger partial charge is 0.472 e. The van der Waals surface area contributed by atoms with E-state index in [1.807, 2.05) is 27.1 Å². The van der Waals surface area contributed by atoms with Crippen molar-refractivity contribution >= 4 is 11.6 Å². The molecular weight excluding hydrogens is 238 g/mol. The summed E-state index contributed by atoms with van der Waals surface area (Å²) in [5.41, 5.74) is 3.17. The summed E-state index contributed by atoms with van der Waals surface area (Å²) in [4.78, 5) is 0. The molecule has 17 heavy (non-hydrogen) atoms. The van der Waals surface area contributed by atoms with Gasteiger partial charge in [-0.1, -0.05) is 11.6 Å². The Morgan fingerprint density at radius 2 is 2.35 bits per heavy atom. The van der Waals surface area contributed by atoms with E-state index >= 15 is 0 Å². The van der Waals surface area contributed by atoms with Gasteiger partial charge in [0.25, 0.3) is 0 Å². The molecule has 2 rings (SSSR count). The molecule has 0 aliphatic carbocycles. The van der Waals surface area contributed by atoms with Crippen LogP contribution in [-0.2, 0) is 13.5 Å². The Morgan fingerprint density at radius 3 is 2.82 bits per heavy atom. The summed E-state index contributed by atoms with van der Waals surface area (Å²) in [5.74, 6) is 0. The Bertz CT molecular complexity index is 490. The standard InChI is InChI=1S/C12H16ClN3O/c1-8-10(12(13)16(3)15-8)6-11(14-2)9-4-5-17-7-9/h4-5,7,11,14H,6H2,1-3H3. The second-order valence-electron chi connectivity index (χ2n) is 4.08. The SMILES string of the molecule is CNC(Cc1c(C)nn(C)c1Cl)c1ccoc1. The molecule has 1 unspecified atom stereocenters. The van der Waals surface area contributed by atoms with Gasteiger partial charge in [0.15, 0.2) is 0 Å². The molecule has 4 nitrogen and oxygen atoms in total. The molecule has 0 bridgehead atoms. The zero-order valence-corrected chi connectivity index (χ0v) is 11.0. The van der Waals surface area contributed by atoms with E-state index < -0.39 is 0 Å². The van der Waals surface area contributed by atoms with E-state index in [1.54, 1.807) is 17.2 Å². The summed E-state index contributed by atoms with van der Waals surface area (Å²) in [7, 11) is 3.78. The number of halogens is 1. The molecule has 5 heteroatoms. The van der Waals surface area contributed by atoms with Crippen molar-refractivity contribution in [1.29, 1.82) is 0 Å². The second kappa shape index (κ2) is 4.94. The Morgan fingerprint density at radius 1 is 1.59 bits per heavy atom. The maximum atomic E-state index is 6.23. The zero-order chi connectivity index (χ0) is 12.4. The van der Waals surface area contributed by atoms with Gasteiger partial charge in [0, 0.05) is 24.2 Å². The fourth-order valence-electron chi connectivity index (χ4n) is 1.97. The highest BCUT2D eigenvalue weighted by molar-refractivity contribution is 6.30. The highest BCUT2D eigenvalue weighted by atomic mass is 35.5. The Balaban J connectivity index is 2.24. The van der Waals surface area contributed by atoms with Gasteiger partial charge in [-0.15, -0.1) is 0 Å². The van der Waals surface area contributed by atoms with Crippen LogP contribution in [0.15, 0.2) is 23.0 Å². The van der Waals surface area contributed by atoms with Crippen molar-refractivity contribution < 1.29 is 4.42 Å². The van der Waals surface area contributed by atoms with Crippen molar-refractivity contribution in [3.63, 3.8) is 0 Å². The minimum absolute atomic E-state index is 0.189. The third kappa shape index (κ3) is 2.37. The molecular formula is C12H16ClN3O. The Hall–Kier alpha value is -1.26. The zero-order valence-electron chi connectivity index (χ0n) is 10.2. The number of rotatable bonds is 4. The molecule has 0 aliphatic heterocycles. The molecule has 2 aromatic rings. The van der Waals surface area contributed by atoms with E-state index in [-0.39, 0.29) is 6.04 Å². The van der Waals surface area contributed by atoms with E-state index in [0.717, 1.165) is 23.2 Å². The maximum absolute atomic E-state index is 6.23. The fourth-order valence-corrected chi connectivity index (χ4v) is 2.22. The van der Waals surface area contributed by atoms with Crippen LogP contribution in [0.5, 0.6) is 0 Å². The summed E-state index contributed by atoms with van der Waals surface area (Å²) in [5, 5.41) is 8.27. The lowest BCUT2D eigenvalue weighted by atomic mass is 10.0. The number of hydrogen-bond donors (Lipinski definition) is 1. The van der Waals surface area contributed by atoms with Crippen molar-refractivity contribution in [3.05, 3.63) is 40.6 Å². The van der Waals surface area contributed by atoms with Crippen molar-refractivity contribution in [2.24, 2.45) is 7.05 Å². The number of nitrogens with one attached hydrogen (secondary N) is 1. The number of aryl methyl sites for hydroxylation is 2. The molecule has 2 heterocycles. The smallest absolute Gasteiger partial charge is 0.130 e. The van der Waals surface area contributed by atoms with Crippen molar-refractivity contribution in [2.75, 3.05) is 7.05 Å². The lowest BCUT2D eigenvalue weighted by molar-refractivity contribution is 0.542. The number of nitrogens with zero attached hydrogens (tertiary/aromatic N) is 2. The summed E-state index contributed by atoms with van der Waals surface area (Å²) >= 11 is 6.23. The molecule has 0 radical (unpaired) electrons. The van der Waals surface area contributed by atoms with Gasteiger partial charge >= 0.3 is 0 Å². The van der Waals surface area contributed by atoms with Crippen LogP contribution in [0, 0.1) is 6.92 Å². The summed E-state index contributed by atoms with van der Waals surface area (Å²) in [6, 6.07) is 2.15. The van der Waals surface area contributed by atoms with E-state index in [2.05, 4.69) is 10.4 Å². The average molecular weight is 254 g/mol. The average Bonchev–Trinajstić information content (AvgIpc) is 2.89. The first-order chi connectivity index (χ1) is 8.13. The summed E-state index contributed by atoms with van der Waals surface area (Å²) < 4.78 is 6.81. The molecule has 2 aromatic heterocycles. The minimum Gasteiger partial charge on any atom is -0.472 e. The predicted molar refractivity (Wildman–Crippen MR) is 67.2 cm³/mol. The number of aromatic nitrogens is 2. The van der Waals surface area contributed by atoms with Crippen LogP contribution in [0.2, 0.25) is 5.15 Å². The lowest BCUT2D eigenvalue weighted by Crippen LogP contribution is -2.18.